The SMILES string of the molecule is COC(=O)CCCCN1C(=O)[C@]2(O[C@H](CCn3cc(C(CO)c4ccccc4)nn3)[C@@H]([Si](C)(C)O)[C@@H]2C)c2cc(NC(=O)C3CCCNC3)ccc21. The highest BCUT2D eigenvalue weighted by Crippen LogP contribution is 2.60. The first-order chi connectivity index (χ1) is 25.0. The molecule has 13 nitrogen and oxygen atoms in total. The second-order valence-electron chi connectivity index (χ2n) is 15.0. The van der Waals surface area contributed by atoms with Gasteiger partial charge in [0.1, 0.15) is 0 Å². The number of carbonyl (C=O) groups is 3. The normalized spacial score (nSPS) is 25.0. The number of aliphatic hydroxyl groups is 1. The maximum Gasteiger partial charge on any atom is 0.305 e. The maximum atomic E-state index is 14.8. The molecule has 4 N–H and O–H groups in total. The van der Waals surface area contributed by atoms with Gasteiger partial charge in [-0.1, -0.05) is 42.5 Å². The van der Waals surface area contributed by atoms with E-state index in [0.29, 0.717) is 61.5 Å². The molecule has 2 fully saturated rings. The number of piperidine rings is 1. The van der Waals surface area contributed by atoms with Crippen LogP contribution < -0.4 is 15.5 Å². The number of rotatable bonds is 14. The monoisotopic (exact) mass is 732 g/mol. The van der Waals surface area contributed by atoms with Gasteiger partial charge >= 0.3 is 5.97 Å². The number of hydrogen-bond donors (Lipinski definition) is 4. The average Bonchev–Trinajstić information content (AvgIpc) is 3.80. The second kappa shape index (κ2) is 16.0. The number of nitrogens with zero attached hydrogens (tertiary/aromatic N) is 4. The predicted octanol–water partition coefficient (Wildman–Crippen LogP) is 3.92. The lowest BCUT2D eigenvalue weighted by molar-refractivity contribution is -0.146. The van der Waals surface area contributed by atoms with E-state index in [0.717, 1.165) is 24.9 Å². The number of benzene rings is 2. The van der Waals surface area contributed by atoms with Gasteiger partial charge in [-0.2, -0.15) is 0 Å². The van der Waals surface area contributed by atoms with Gasteiger partial charge in [0.25, 0.3) is 5.91 Å². The summed E-state index contributed by atoms with van der Waals surface area (Å²) in [6.07, 6.45) is 4.97. The molecule has 2 amide bonds. The van der Waals surface area contributed by atoms with Gasteiger partial charge in [0, 0.05) is 55.0 Å². The van der Waals surface area contributed by atoms with E-state index in [1.165, 1.54) is 7.11 Å². The highest BCUT2D eigenvalue weighted by molar-refractivity contribution is 6.71. The summed E-state index contributed by atoms with van der Waals surface area (Å²) < 4.78 is 13.6. The van der Waals surface area contributed by atoms with E-state index in [1.807, 2.05) is 74.7 Å². The molecule has 6 rings (SSSR count). The van der Waals surface area contributed by atoms with Crippen molar-refractivity contribution >= 4 is 37.5 Å². The van der Waals surface area contributed by atoms with E-state index in [1.54, 1.807) is 9.58 Å². The van der Waals surface area contributed by atoms with Crippen LogP contribution in [0.1, 0.15) is 68.2 Å². The van der Waals surface area contributed by atoms with Crippen molar-refractivity contribution < 1.29 is 33.8 Å². The van der Waals surface area contributed by atoms with Gasteiger partial charge in [0.15, 0.2) is 13.9 Å². The summed E-state index contributed by atoms with van der Waals surface area (Å²) in [5.74, 6) is -1.39. The minimum absolute atomic E-state index is 0.0619. The molecule has 0 saturated carbocycles. The van der Waals surface area contributed by atoms with E-state index in [-0.39, 0.29) is 54.1 Å². The summed E-state index contributed by atoms with van der Waals surface area (Å²) in [5, 5.41) is 25.3. The molecule has 52 heavy (non-hydrogen) atoms. The number of aliphatic hydroxyl groups excluding tert-OH is 1. The molecular weight excluding hydrogens is 681 g/mol. The van der Waals surface area contributed by atoms with E-state index in [2.05, 4.69) is 20.9 Å². The van der Waals surface area contributed by atoms with E-state index >= 15 is 0 Å². The molecule has 4 heterocycles. The number of esters is 1. The topological polar surface area (TPSA) is 168 Å². The quantitative estimate of drug-likeness (QED) is 0.108. The van der Waals surface area contributed by atoms with Crippen molar-refractivity contribution in [2.24, 2.45) is 11.8 Å². The fourth-order valence-corrected chi connectivity index (χ4v) is 11.1. The Morgan fingerprint density at radius 3 is 2.65 bits per heavy atom. The molecule has 280 valence electrons. The lowest BCUT2D eigenvalue weighted by Gasteiger charge is -2.32. The number of fused-ring (bicyclic) bond motifs is 2. The van der Waals surface area contributed by atoms with Crippen LogP contribution >= 0.6 is 0 Å². The lowest BCUT2D eigenvalue weighted by Crippen LogP contribution is -2.46. The number of ether oxygens (including phenoxy) is 2. The molecule has 3 aliphatic heterocycles. The smallest absolute Gasteiger partial charge is 0.305 e. The number of aromatic nitrogens is 3. The Kier molecular flexibility index (Phi) is 11.6. The fourth-order valence-electron chi connectivity index (χ4n) is 8.51. The van der Waals surface area contributed by atoms with E-state index < -0.39 is 20.0 Å². The van der Waals surface area contributed by atoms with Crippen molar-refractivity contribution in [1.82, 2.24) is 20.3 Å². The second-order valence-corrected chi connectivity index (χ2v) is 18.9. The molecule has 2 unspecified atom stereocenters. The molecule has 0 aliphatic carbocycles. The van der Waals surface area contributed by atoms with E-state index in [4.69, 9.17) is 9.47 Å². The van der Waals surface area contributed by atoms with Crippen LogP contribution in [0.2, 0.25) is 18.6 Å². The summed E-state index contributed by atoms with van der Waals surface area (Å²) in [4.78, 5) is 53.4. The molecule has 14 heteroatoms. The molecule has 1 aromatic heterocycles. The van der Waals surface area contributed by atoms with E-state index in [9.17, 15) is 24.3 Å². The van der Waals surface area contributed by atoms with Crippen molar-refractivity contribution in [3.63, 3.8) is 0 Å². The number of amides is 2. The summed E-state index contributed by atoms with van der Waals surface area (Å²) in [7, 11) is -1.57. The predicted molar refractivity (Wildman–Crippen MR) is 198 cm³/mol. The average molecular weight is 733 g/mol. The van der Waals surface area contributed by atoms with Crippen LogP contribution in [0.4, 0.5) is 11.4 Å². The third kappa shape index (κ3) is 7.58. The zero-order valence-electron chi connectivity index (χ0n) is 30.6. The number of anilines is 2. The molecule has 0 radical (unpaired) electrons. The van der Waals surface area contributed by atoms with Crippen LogP contribution in [0, 0.1) is 11.8 Å². The molecule has 3 aromatic rings. The highest BCUT2D eigenvalue weighted by atomic mass is 28.4. The Hall–Kier alpha value is -3.95. The van der Waals surface area contributed by atoms with Gasteiger partial charge < -0.3 is 34.9 Å². The van der Waals surface area contributed by atoms with Gasteiger partial charge in [-0.05, 0) is 75.5 Å². The largest absolute Gasteiger partial charge is 0.469 e. The van der Waals surface area contributed by atoms with Crippen molar-refractivity contribution in [3.8, 4) is 0 Å². The maximum absolute atomic E-state index is 14.8. The zero-order valence-corrected chi connectivity index (χ0v) is 31.6. The van der Waals surface area contributed by atoms with Crippen LogP contribution in [0.25, 0.3) is 0 Å². The Bertz CT molecular complexity index is 1730. The molecule has 2 aromatic carbocycles. The number of methoxy groups -OCH3 is 1. The number of hydrogen-bond acceptors (Lipinski definition) is 10. The third-order valence-corrected chi connectivity index (χ3v) is 13.6. The molecule has 3 aliphatic rings. The number of unbranched alkanes of at least 4 members (excludes halogenated alkanes) is 1. The standard InChI is InChI=1S/C38H52N6O7Si/c1-25-35(52(3,4)49)33(17-20-43-23-31(41-42-43)29(24-45)26-11-6-5-7-12-26)51-38(25)30-21-28(40-36(47)27-13-10-18-39-22-27)15-16-32(30)44(37(38)48)19-9-8-14-34(46)50-2/h5-7,11-12,15-16,21,23,25,27,29,33,35,39,45,49H,8-10,13-14,17-20,22,24H2,1-4H3,(H,40,47)/t25-,27?,29?,33+,35-,38+/m0/s1. The molecule has 1 spiro atoms. The van der Waals surface area contributed by atoms with Gasteiger partial charge in [-0.15, -0.1) is 5.10 Å². The van der Waals surface area contributed by atoms with Crippen LogP contribution in [-0.2, 0) is 36.0 Å². The number of carbonyl (C=O) groups excluding carboxylic acids is 3. The Morgan fingerprint density at radius 2 is 1.96 bits per heavy atom. The first-order valence-electron chi connectivity index (χ1n) is 18.5. The van der Waals surface area contributed by atoms with Crippen LogP contribution in [-0.4, -0.2) is 90.5 Å². The first kappa shape index (κ1) is 37.8. The van der Waals surface area contributed by atoms with Gasteiger partial charge in [-0.3, -0.25) is 19.1 Å². The minimum atomic E-state index is -2.93. The Balaban J connectivity index is 1.28. The lowest BCUT2D eigenvalue weighted by atomic mass is 9.82. The molecule has 0 bridgehead atoms. The Morgan fingerprint density at radius 1 is 1.17 bits per heavy atom. The first-order valence-corrected chi connectivity index (χ1v) is 21.5. The van der Waals surface area contributed by atoms with Crippen molar-refractivity contribution in [3.05, 3.63) is 71.5 Å². The van der Waals surface area contributed by atoms with Gasteiger partial charge in [0.2, 0.25) is 5.91 Å². The minimum Gasteiger partial charge on any atom is -0.469 e. The number of nitrogens with one attached hydrogen (secondary N) is 2. The highest BCUT2D eigenvalue weighted by Gasteiger charge is 2.66. The summed E-state index contributed by atoms with van der Waals surface area (Å²) in [5.41, 5.74) is 1.90. The number of aryl methyl sites for hydroxylation is 1. The molecule has 6 atom stereocenters. The van der Waals surface area contributed by atoms with Gasteiger partial charge in [0.05, 0.1) is 43.0 Å². The van der Waals surface area contributed by atoms with Crippen LogP contribution in [0.5, 0.6) is 0 Å². The molecule has 2 saturated heterocycles. The fraction of sp³-hybridized carbons (Fsp3) is 0.553. The van der Waals surface area contributed by atoms with Crippen molar-refractivity contribution in [2.75, 3.05) is 43.6 Å². The summed E-state index contributed by atoms with van der Waals surface area (Å²) >= 11 is 0. The zero-order chi connectivity index (χ0) is 37.0. The third-order valence-electron chi connectivity index (χ3n) is 11.1. The van der Waals surface area contributed by atoms with Crippen molar-refractivity contribution in [2.45, 2.75) is 88.3 Å². The van der Waals surface area contributed by atoms with Crippen LogP contribution in [0.15, 0.2) is 54.7 Å². The summed E-state index contributed by atoms with van der Waals surface area (Å²) in [6, 6.07) is 15.3. The molecular formula is C38H52N6O7Si. The summed E-state index contributed by atoms with van der Waals surface area (Å²) in [6.45, 7) is 8.00. The van der Waals surface area contributed by atoms with Crippen molar-refractivity contribution in [1.29, 1.82) is 0 Å². The van der Waals surface area contributed by atoms with Crippen LogP contribution in [0.3, 0.4) is 0 Å². The Labute approximate surface area is 306 Å². The van der Waals surface area contributed by atoms with Gasteiger partial charge in [-0.25, -0.2) is 0 Å².